The van der Waals surface area contributed by atoms with Crippen molar-refractivity contribution in [2.75, 3.05) is 5.73 Å². The van der Waals surface area contributed by atoms with Crippen LogP contribution in [0.5, 0.6) is 0 Å². The molecule has 6 nitrogen and oxygen atoms in total. The van der Waals surface area contributed by atoms with Gasteiger partial charge in [0.1, 0.15) is 5.52 Å². The van der Waals surface area contributed by atoms with Crippen LogP contribution in [-0.4, -0.2) is 19.7 Å². The predicted octanol–water partition coefficient (Wildman–Crippen LogP) is 3.76. The molecule has 3 aromatic heterocycles. The maximum absolute atomic E-state index is 9.12. The van der Waals surface area contributed by atoms with E-state index in [9.17, 15) is 0 Å². The second-order valence-electron chi connectivity index (χ2n) is 5.76. The second-order valence-corrected chi connectivity index (χ2v) is 6.56. The van der Waals surface area contributed by atoms with Gasteiger partial charge in [-0.3, -0.25) is 9.67 Å². The Morgan fingerprint density at radius 1 is 1.19 bits per heavy atom. The summed E-state index contributed by atoms with van der Waals surface area (Å²) < 4.78 is 2.59. The first kappa shape index (κ1) is 16.2. The number of halogens is 1. The fourth-order valence-electron chi connectivity index (χ4n) is 2.79. The first-order valence-corrected chi connectivity index (χ1v) is 8.67. The number of hydrogen-bond donors (Lipinski definition) is 1. The molecule has 126 valence electrons. The van der Waals surface area contributed by atoms with Gasteiger partial charge in [-0.05, 0) is 40.2 Å². The summed E-state index contributed by atoms with van der Waals surface area (Å²) in [7, 11) is 0. The van der Waals surface area contributed by atoms with Crippen molar-refractivity contribution in [2.45, 2.75) is 6.54 Å². The second kappa shape index (κ2) is 6.58. The Balaban J connectivity index is 1.82. The molecule has 0 spiro atoms. The van der Waals surface area contributed by atoms with Gasteiger partial charge in [0, 0.05) is 23.3 Å². The van der Waals surface area contributed by atoms with Crippen LogP contribution in [0, 0.1) is 11.3 Å². The van der Waals surface area contributed by atoms with Crippen LogP contribution >= 0.6 is 15.9 Å². The summed E-state index contributed by atoms with van der Waals surface area (Å²) in [4.78, 5) is 8.82. The number of fused-ring (bicyclic) bond motifs is 1. The number of rotatable bonds is 3. The molecule has 4 rings (SSSR count). The molecule has 0 aliphatic heterocycles. The first-order valence-electron chi connectivity index (χ1n) is 7.88. The lowest BCUT2D eigenvalue weighted by molar-refractivity contribution is 0.681. The predicted molar refractivity (Wildman–Crippen MR) is 103 cm³/mol. The van der Waals surface area contributed by atoms with Gasteiger partial charge in [-0.1, -0.05) is 18.2 Å². The van der Waals surface area contributed by atoms with Crippen LogP contribution < -0.4 is 5.73 Å². The normalized spacial score (nSPS) is 10.8. The van der Waals surface area contributed by atoms with Crippen molar-refractivity contribution >= 4 is 32.7 Å². The Labute approximate surface area is 158 Å². The minimum Gasteiger partial charge on any atom is -0.382 e. The van der Waals surface area contributed by atoms with Crippen molar-refractivity contribution in [3.8, 4) is 17.3 Å². The van der Waals surface area contributed by atoms with E-state index in [2.05, 4.69) is 37.1 Å². The maximum Gasteiger partial charge on any atom is 0.152 e. The number of anilines is 1. The van der Waals surface area contributed by atoms with Crippen molar-refractivity contribution in [2.24, 2.45) is 0 Å². The van der Waals surface area contributed by atoms with E-state index >= 15 is 0 Å². The Morgan fingerprint density at radius 2 is 2.08 bits per heavy atom. The highest BCUT2D eigenvalue weighted by Gasteiger charge is 2.16. The molecular formula is C19H13BrN6. The molecule has 3 heterocycles. The zero-order valence-corrected chi connectivity index (χ0v) is 15.2. The minimum atomic E-state index is 0.348. The molecule has 0 saturated carbocycles. The number of hydrogen-bond acceptors (Lipinski definition) is 5. The Morgan fingerprint density at radius 3 is 2.85 bits per heavy atom. The lowest BCUT2D eigenvalue weighted by atomic mass is 10.1. The summed E-state index contributed by atoms with van der Waals surface area (Å²) >= 11 is 3.63. The molecule has 0 aliphatic rings. The molecule has 0 bridgehead atoms. The lowest BCUT2D eigenvalue weighted by Gasteiger charge is -2.06. The third-order valence-corrected chi connectivity index (χ3v) is 4.80. The quantitative estimate of drug-likeness (QED) is 0.560. The van der Waals surface area contributed by atoms with Crippen LogP contribution in [-0.2, 0) is 6.54 Å². The largest absolute Gasteiger partial charge is 0.382 e. The summed E-state index contributed by atoms with van der Waals surface area (Å²) in [5.41, 5.74) is 9.77. The Hall–Kier alpha value is -3.24. The molecule has 0 saturated heterocycles. The number of aromatic nitrogens is 4. The number of pyridine rings is 2. The van der Waals surface area contributed by atoms with Gasteiger partial charge in [-0.2, -0.15) is 10.4 Å². The van der Waals surface area contributed by atoms with E-state index < -0.39 is 0 Å². The standard InChI is InChI=1S/C19H13BrN6/c20-16-15-11-26(10-14-6-1-2-7-23-14)25-18(15)19(22)24-17(16)13-5-3-4-12(8-13)9-21/h1-8,11H,10H2,(H2,22,24). The summed E-state index contributed by atoms with van der Waals surface area (Å²) in [6, 6.07) is 15.2. The van der Waals surface area contributed by atoms with E-state index in [-0.39, 0.29) is 0 Å². The molecule has 4 aromatic rings. The van der Waals surface area contributed by atoms with Gasteiger partial charge in [-0.15, -0.1) is 0 Å². The van der Waals surface area contributed by atoms with Crippen molar-refractivity contribution in [3.05, 3.63) is 70.6 Å². The minimum absolute atomic E-state index is 0.348. The van der Waals surface area contributed by atoms with E-state index in [4.69, 9.17) is 11.0 Å². The molecule has 2 N–H and O–H groups in total. The van der Waals surface area contributed by atoms with E-state index in [1.807, 2.05) is 36.5 Å². The van der Waals surface area contributed by atoms with Crippen molar-refractivity contribution in [3.63, 3.8) is 0 Å². The fourth-order valence-corrected chi connectivity index (χ4v) is 3.39. The average Bonchev–Trinajstić information content (AvgIpc) is 3.10. The Kier molecular flexibility index (Phi) is 4.11. The first-order chi connectivity index (χ1) is 12.7. The molecular weight excluding hydrogens is 392 g/mol. The highest BCUT2D eigenvalue weighted by molar-refractivity contribution is 9.10. The molecule has 0 unspecified atom stereocenters. The zero-order chi connectivity index (χ0) is 18.1. The van der Waals surface area contributed by atoms with Gasteiger partial charge in [0.25, 0.3) is 0 Å². The monoisotopic (exact) mass is 404 g/mol. The van der Waals surface area contributed by atoms with Gasteiger partial charge in [-0.25, -0.2) is 4.98 Å². The van der Waals surface area contributed by atoms with Gasteiger partial charge >= 0.3 is 0 Å². The molecule has 0 radical (unpaired) electrons. The SMILES string of the molecule is N#Cc1cccc(-c2nc(N)c3nn(Cc4ccccn4)cc3c2Br)c1. The molecule has 1 aromatic carbocycles. The summed E-state index contributed by atoms with van der Waals surface area (Å²) in [6.07, 6.45) is 3.68. The van der Waals surface area contributed by atoms with E-state index in [1.54, 1.807) is 23.0 Å². The molecule has 26 heavy (non-hydrogen) atoms. The summed E-state index contributed by atoms with van der Waals surface area (Å²) in [6.45, 7) is 0.542. The number of nitrogens with two attached hydrogens (primary N) is 1. The van der Waals surface area contributed by atoms with Crippen LogP contribution in [0.2, 0.25) is 0 Å². The summed E-state index contributed by atoms with van der Waals surface area (Å²) in [5, 5.41) is 14.5. The van der Waals surface area contributed by atoms with E-state index in [0.29, 0.717) is 29.1 Å². The Bertz CT molecular complexity index is 1140. The molecule has 0 aliphatic carbocycles. The number of benzene rings is 1. The van der Waals surface area contributed by atoms with Crippen molar-refractivity contribution in [1.29, 1.82) is 5.26 Å². The maximum atomic E-state index is 9.12. The van der Waals surface area contributed by atoms with Gasteiger partial charge in [0.15, 0.2) is 5.82 Å². The highest BCUT2D eigenvalue weighted by atomic mass is 79.9. The van der Waals surface area contributed by atoms with Crippen LogP contribution in [0.15, 0.2) is 59.3 Å². The molecule has 0 atom stereocenters. The van der Waals surface area contributed by atoms with Crippen LogP contribution in [0.1, 0.15) is 11.3 Å². The van der Waals surface area contributed by atoms with E-state index in [1.165, 1.54) is 0 Å². The summed E-state index contributed by atoms with van der Waals surface area (Å²) in [5.74, 6) is 0.348. The number of nitriles is 1. The number of nitrogen functional groups attached to an aromatic ring is 1. The topological polar surface area (TPSA) is 93.4 Å². The van der Waals surface area contributed by atoms with E-state index in [0.717, 1.165) is 21.1 Å². The third kappa shape index (κ3) is 2.91. The van der Waals surface area contributed by atoms with Crippen LogP contribution in [0.4, 0.5) is 5.82 Å². The van der Waals surface area contributed by atoms with Gasteiger partial charge < -0.3 is 5.73 Å². The molecule has 7 heteroatoms. The van der Waals surface area contributed by atoms with Gasteiger partial charge in [0.05, 0.1) is 34.0 Å². The zero-order valence-electron chi connectivity index (χ0n) is 13.6. The third-order valence-electron chi connectivity index (χ3n) is 4.00. The van der Waals surface area contributed by atoms with Crippen molar-refractivity contribution < 1.29 is 0 Å². The lowest BCUT2D eigenvalue weighted by Crippen LogP contribution is -2.02. The fraction of sp³-hybridized carbons (Fsp3) is 0.0526. The van der Waals surface area contributed by atoms with Crippen molar-refractivity contribution in [1.82, 2.24) is 19.7 Å². The van der Waals surface area contributed by atoms with Gasteiger partial charge in [0.2, 0.25) is 0 Å². The highest BCUT2D eigenvalue weighted by Crippen LogP contribution is 2.35. The molecule has 0 amide bonds. The average molecular weight is 405 g/mol. The number of nitrogens with zero attached hydrogens (tertiary/aromatic N) is 5. The smallest absolute Gasteiger partial charge is 0.152 e. The van der Waals surface area contributed by atoms with Crippen LogP contribution in [0.25, 0.3) is 22.2 Å². The molecule has 0 fully saturated rings. The van der Waals surface area contributed by atoms with Crippen LogP contribution in [0.3, 0.4) is 0 Å².